The lowest BCUT2D eigenvalue weighted by Crippen LogP contribution is -2.49. The highest BCUT2D eigenvalue weighted by Crippen LogP contribution is 2.34. The Morgan fingerprint density at radius 2 is 1.89 bits per heavy atom. The van der Waals surface area contributed by atoms with Gasteiger partial charge in [-0.2, -0.15) is 0 Å². The van der Waals surface area contributed by atoms with Gasteiger partial charge in [-0.05, 0) is 25.0 Å². The topological polar surface area (TPSA) is 90.7 Å². The van der Waals surface area contributed by atoms with Gasteiger partial charge in [-0.15, -0.1) is 0 Å². The molecular formula is C12H13FN2O4. The van der Waals surface area contributed by atoms with Gasteiger partial charge in [0, 0.05) is 13.1 Å². The monoisotopic (exact) mass is 268 g/mol. The summed E-state index contributed by atoms with van der Waals surface area (Å²) in [7, 11) is 0. The van der Waals surface area contributed by atoms with Crippen molar-refractivity contribution in [3.8, 4) is 0 Å². The number of piperidine rings is 1. The van der Waals surface area contributed by atoms with Crippen LogP contribution in [0.4, 0.5) is 9.18 Å². The third-order valence-electron chi connectivity index (χ3n) is 3.51. The Hall–Kier alpha value is -2.18. The quantitative estimate of drug-likeness (QED) is 0.844. The molecule has 0 radical (unpaired) electrons. The van der Waals surface area contributed by atoms with E-state index >= 15 is 0 Å². The second kappa shape index (κ2) is 4.83. The highest BCUT2D eigenvalue weighted by molar-refractivity contribution is 5.81. The SMILES string of the molecule is O=C(O)N1CCC(C(=O)O)(c2ccc(F)cn2)CC1. The van der Waals surface area contributed by atoms with E-state index in [1.165, 1.54) is 11.0 Å². The van der Waals surface area contributed by atoms with E-state index in [1.807, 2.05) is 0 Å². The molecule has 1 aliphatic rings. The van der Waals surface area contributed by atoms with Crippen LogP contribution in [0.25, 0.3) is 0 Å². The van der Waals surface area contributed by atoms with Crippen LogP contribution in [0.2, 0.25) is 0 Å². The van der Waals surface area contributed by atoms with Crippen LogP contribution in [0.1, 0.15) is 18.5 Å². The highest BCUT2D eigenvalue weighted by Gasteiger charge is 2.45. The van der Waals surface area contributed by atoms with Gasteiger partial charge < -0.3 is 15.1 Å². The Morgan fingerprint density at radius 3 is 2.32 bits per heavy atom. The Bertz CT molecular complexity index is 495. The van der Waals surface area contributed by atoms with Crippen LogP contribution in [0.15, 0.2) is 18.3 Å². The zero-order valence-electron chi connectivity index (χ0n) is 10.0. The number of likely N-dealkylation sites (tertiary alicyclic amines) is 1. The van der Waals surface area contributed by atoms with Gasteiger partial charge >= 0.3 is 12.1 Å². The van der Waals surface area contributed by atoms with Gasteiger partial charge in [-0.25, -0.2) is 9.18 Å². The number of hydrogen-bond donors (Lipinski definition) is 2. The molecule has 1 saturated heterocycles. The number of hydrogen-bond acceptors (Lipinski definition) is 3. The molecule has 0 bridgehead atoms. The molecule has 2 heterocycles. The summed E-state index contributed by atoms with van der Waals surface area (Å²) in [5, 5.41) is 18.3. The van der Waals surface area contributed by atoms with E-state index in [9.17, 15) is 19.1 Å². The summed E-state index contributed by atoms with van der Waals surface area (Å²) < 4.78 is 12.9. The molecule has 1 aromatic rings. The smallest absolute Gasteiger partial charge is 0.407 e. The third kappa shape index (κ3) is 2.35. The maximum atomic E-state index is 12.9. The summed E-state index contributed by atoms with van der Waals surface area (Å²) in [5.41, 5.74) is -0.967. The molecule has 1 amide bonds. The minimum absolute atomic E-state index is 0.126. The molecule has 0 atom stereocenters. The average Bonchev–Trinajstić information content (AvgIpc) is 2.39. The van der Waals surface area contributed by atoms with Crippen molar-refractivity contribution in [2.75, 3.05) is 13.1 Å². The minimum atomic E-state index is -1.24. The van der Waals surface area contributed by atoms with Crippen molar-refractivity contribution in [1.29, 1.82) is 0 Å². The molecule has 0 aliphatic carbocycles. The number of aromatic nitrogens is 1. The molecular weight excluding hydrogens is 255 g/mol. The van der Waals surface area contributed by atoms with Crippen molar-refractivity contribution in [3.63, 3.8) is 0 Å². The minimum Gasteiger partial charge on any atom is -0.481 e. The Labute approximate surface area is 108 Å². The Morgan fingerprint density at radius 1 is 1.26 bits per heavy atom. The highest BCUT2D eigenvalue weighted by atomic mass is 19.1. The fraction of sp³-hybridized carbons (Fsp3) is 0.417. The average molecular weight is 268 g/mol. The number of rotatable bonds is 2. The van der Waals surface area contributed by atoms with Gasteiger partial charge in [-0.3, -0.25) is 9.78 Å². The van der Waals surface area contributed by atoms with Crippen LogP contribution in [-0.4, -0.2) is 45.2 Å². The van der Waals surface area contributed by atoms with Crippen molar-refractivity contribution in [2.24, 2.45) is 0 Å². The molecule has 0 aromatic carbocycles. The normalized spacial score (nSPS) is 18.1. The first kappa shape index (κ1) is 13.3. The van der Waals surface area contributed by atoms with Gasteiger partial charge in [0.2, 0.25) is 0 Å². The number of carbonyl (C=O) groups is 2. The molecule has 7 heteroatoms. The predicted molar refractivity (Wildman–Crippen MR) is 62.3 cm³/mol. The maximum Gasteiger partial charge on any atom is 0.407 e. The summed E-state index contributed by atoms with van der Waals surface area (Å²) in [6.45, 7) is 0.251. The maximum absolute atomic E-state index is 12.9. The Kier molecular flexibility index (Phi) is 3.37. The fourth-order valence-electron chi connectivity index (χ4n) is 2.32. The number of nitrogens with zero attached hydrogens (tertiary/aromatic N) is 2. The molecule has 1 aromatic heterocycles. The molecule has 1 aliphatic heterocycles. The third-order valence-corrected chi connectivity index (χ3v) is 3.51. The van der Waals surface area contributed by atoms with Crippen molar-refractivity contribution >= 4 is 12.1 Å². The number of aliphatic carboxylic acids is 1. The summed E-state index contributed by atoms with van der Waals surface area (Å²) in [5.74, 6) is -1.59. The number of halogens is 1. The van der Waals surface area contributed by atoms with Crippen LogP contribution >= 0.6 is 0 Å². The molecule has 2 N–H and O–H groups in total. The molecule has 0 spiro atoms. The first-order valence-electron chi connectivity index (χ1n) is 5.79. The molecule has 6 nitrogen and oxygen atoms in total. The van der Waals surface area contributed by atoms with E-state index in [0.29, 0.717) is 0 Å². The van der Waals surface area contributed by atoms with E-state index in [1.54, 1.807) is 0 Å². The molecule has 0 saturated carbocycles. The van der Waals surface area contributed by atoms with Crippen molar-refractivity contribution in [2.45, 2.75) is 18.3 Å². The largest absolute Gasteiger partial charge is 0.481 e. The summed E-state index contributed by atoms with van der Waals surface area (Å²) in [6, 6.07) is 2.51. The van der Waals surface area contributed by atoms with E-state index in [2.05, 4.69) is 4.98 Å². The second-order valence-corrected chi connectivity index (χ2v) is 4.52. The van der Waals surface area contributed by atoms with E-state index in [4.69, 9.17) is 5.11 Å². The van der Waals surface area contributed by atoms with Gasteiger partial charge in [0.1, 0.15) is 11.2 Å². The van der Waals surface area contributed by atoms with Crippen LogP contribution in [0.3, 0.4) is 0 Å². The van der Waals surface area contributed by atoms with E-state index < -0.39 is 23.3 Å². The summed E-state index contributed by atoms with van der Waals surface area (Å²) >= 11 is 0. The van der Waals surface area contributed by atoms with Gasteiger partial charge in [0.15, 0.2) is 0 Å². The lowest BCUT2D eigenvalue weighted by molar-refractivity contribution is -0.146. The number of carboxylic acids is 1. The second-order valence-electron chi connectivity index (χ2n) is 4.52. The lowest BCUT2D eigenvalue weighted by atomic mass is 9.75. The number of carboxylic acid groups (broad SMARTS) is 2. The zero-order valence-corrected chi connectivity index (χ0v) is 10.0. The van der Waals surface area contributed by atoms with Crippen LogP contribution in [-0.2, 0) is 10.2 Å². The zero-order chi connectivity index (χ0) is 14.0. The van der Waals surface area contributed by atoms with Crippen LogP contribution in [0, 0.1) is 5.82 Å². The molecule has 102 valence electrons. The number of amides is 1. The van der Waals surface area contributed by atoms with Crippen LogP contribution in [0.5, 0.6) is 0 Å². The van der Waals surface area contributed by atoms with Gasteiger partial charge in [0.05, 0.1) is 11.9 Å². The summed E-state index contributed by atoms with van der Waals surface area (Å²) in [6.07, 6.45) is 0.176. The van der Waals surface area contributed by atoms with Gasteiger partial charge in [-0.1, -0.05) is 0 Å². The Balaban J connectivity index is 2.28. The molecule has 1 fully saturated rings. The lowest BCUT2D eigenvalue weighted by Gasteiger charge is -2.37. The van der Waals surface area contributed by atoms with E-state index in [-0.39, 0.29) is 31.6 Å². The van der Waals surface area contributed by atoms with Gasteiger partial charge in [0.25, 0.3) is 0 Å². The van der Waals surface area contributed by atoms with Crippen molar-refractivity contribution in [3.05, 3.63) is 29.8 Å². The first-order chi connectivity index (χ1) is 8.95. The van der Waals surface area contributed by atoms with Crippen molar-refractivity contribution < 1.29 is 24.2 Å². The molecule has 2 rings (SSSR count). The van der Waals surface area contributed by atoms with Crippen LogP contribution < -0.4 is 0 Å². The summed E-state index contributed by atoms with van der Waals surface area (Å²) in [4.78, 5) is 27.4. The number of pyridine rings is 1. The standard InChI is InChI=1S/C12H13FN2O4/c13-8-1-2-9(14-7-8)12(10(16)17)3-5-15(6-4-12)11(18)19/h1-2,7H,3-6H2,(H,16,17)(H,18,19). The van der Waals surface area contributed by atoms with E-state index in [0.717, 1.165) is 12.3 Å². The molecule has 19 heavy (non-hydrogen) atoms. The first-order valence-corrected chi connectivity index (χ1v) is 5.79. The fourth-order valence-corrected chi connectivity index (χ4v) is 2.32. The molecule has 0 unspecified atom stereocenters. The predicted octanol–water partition coefficient (Wildman–Crippen LogP) is 1.32. The van der Waals surface area contributed by atoms with Crippen molar-refractivity contribution in [1.82, 2.24) is 9.88 Å².